The predicted molar refractivity (Wildman–Crippen MR) is 74.5 cm³/mol. The number of hydrogen-bond acceptors (Lipinski definition) is 2. The Balaban J connectivity index is 0. The lowest BCUT2D eigenvalue weighted by atomic mass is 10.2. The van der Waals surface area contributed by atoms with E-state index in [9.17, 15) is 4.79 Å². The number of rotatable bonds is 2. The van der Waals surface area contributed by atoms with Crippen molar-refractivity contribution in [2.75, 3.05) is 0 Å². The molecule has 0 aliphatic heterocycles. The van der Waals surface area contributed by atoms with E-state index in [1.807, 2.05) is 36.4 Å². The summed E-state index contributed by atoms with van der Waals surface area (Å²) in [5.41, 5.74) is 2.40. The molecule has 92 valence electrons. The molecule has 2 nitrogen and oxygen atoms in total. The Morgan fingerprint density at radius 3 is 1.88 bits per heavy atom. The third-order valence-electron chi connectivity index (χ3n) is 1.28. The van der Waals surface area contributed by atoms with Crippen molar-refractivity contribution < 1.29 is 9.53 Å². The summed E-state index contributed by atoms with van der Waals surface area (Å²) in [6.07, 6.45) is 2.93. The summed E-state index contributed by atoms with van der Waals surface area (Å²) < 4.78 is 4.17. The van der Waals surface area contributed by atoms with Crippen molar-refractivity contribution in [3.05, 3.63) is 67.4 Å². The molecule has 0 fully saturated rings. The van der Waals surface area contributed by atoms with Crippen LogP contribution in [0.2, 0.25) is 0 Å². The molecule has 0 spiro atoms. The van der Waals surface area contributed by atoms with Gasteiger partial charge in [-0.05, 0) is 11.1 Å². The Hall–Kier alpha value is -1.80. The molecule has 0 heterocycles. The van der Waals surface area contributed by atoms with Crippen molar-refractivity contribution in [2.45, 2.75) is 6.92 Å². The van der Waals surface area contributed by atoms with E-state index in [0.717, 1.165) is 6.26 Å². The highest BCUT2D eigenvalue weighted by Gasteiger charge is 1.79. The summed E-state index contributed by atoms with van der Waals surface area (Å²) in [6.45, 7) is 11.2. The molecule has 0 N–H and O–H groups in total. The summed E-state index contributed by atoms with van der Waals surface area (Å²) in [7, 11) is 0. The Labute approximate surface area is 108 Å². The Morgan fingerprint density at radius 1 is 1.24 bits per heavy atom. The van der Waals surface area contributed by atoms with E-state index in [1.54, 1.807) is 0 Å². The molecule has 0 aliphatic carbocycles. The Bertz CT molecular complexity index is 331. The second-order valence-electron chi connectivity index (χ2n) is 2.55. The first-order valence-electron chi connectivity index (χ1n) is 4.79. The van der Waals surface area contributed by atoms with Crippen LogP contribution in [-0.2, 0) is 9.53 Å². The first kappa shape index (κ1) is 17.6. The number of hydrogen-bond donors (Lipinski definition) is 0. The summed E-state index contributed by atoms with van der Waals surface area (Å²) >= 11 is 4.76. The number of carbonyl (C=O) groups excluding carboxylic acids is 1. The quantitative estimate of drug-likeness (QED) is 0.576. The van der Waals surface area contributed by atoms with Crippen LogP contribution in [0.25, 0.3) is 6.08 Å². The van der Waals surface area contributed by atoms with Gasteiger partial charge in [-0.15, -0.1) is 0 Å². The van der Waals surface area contributed by atoms with Gasteiger partial charge in [0.25, 0.3) is 0 Å². The third kappa shape index (κ3) is 16.8. The van der Waals surface area contributed by atoms with Crippen molar-refractivity contribution in [3.63, 3.8) is 0 Å². The van der Waals surface area contributed by atoms with E-state index in [4.69, 9.17) is 11.6 Å². The smallest absolute Gasteiger partial charge is 0.307 e. The van der Waals surface area contributed by atoms with Gasteiger partial charge >= 0.3 is 5.97 Å². The fourth-order valence-corrected chi connectivity index (χ4v) is 0.706. The SMILES string of the molecule is C=CCl.C=COC(C)=O.C=Cc1ccccc1. The molecule has 0 saturated heterocycles. The highest BCUT2D eigenvalue weighted by atomic mass is 35.5. The predicted octanol–water partition coefficient (Wildman–Crippen LogP) is 4.39. The van der Waals surface area contributed by atoms with E-state index < -0.39 is 0 Å². The number of ether oxygens (including phenoxy) is 1. The van der Waals surface area contributed by atoms with Crippen LogP contribution in [0, 0.1) is 0 Å². The normalized spacial score (nSPS) is 7.18. The lowest BCUT2D eigenvalue weighted by Crippen LogP contribution is -1.87. The van der Waals surface area contributed by atoms with Gasteiger partial charge in [-0.25, -0.2) is 0 Å². The zero-order chi connectivity index (χ0) is 13.5. The summed E-state index contributed by atoms with van der Waals surface area (Å²) in [6, 6.07) is 10.0. The number of esters is 1. The van der Waals surface area contributed by atoms with Gasteiger partial charge < -0.3 is 4.74 Å². The average Bonchev–Trinajstić information content (AvgIpc) is 2.32. The molecule has 0 aliphatic rings. The molecule has 1 rings (SSSR count). The molecule has 0 bridgehead atoms. The van der Waals surface area contributed by atoms with E-state index >= 15 is 0 Å². The van der Waals surface area contributed by atoms with Crippen LogP contribution in [0.15, 0.2) is 61.9 Å². The molecule has 0 unspecified atom stereocenters. The van der Waals surface area contributed by atoms with Gasteiger partial charge in [-0.2, -0.15) is 0 Å². The minimum Gasteiger partial charge on any atom is -0.435 e. The van der Waals surface area contributed by atoms with Crippen molar-refractivity contribution in [3.8, 4) is 0 Å². The maximum Gasteiger partial charge on any atom is 0.307 e. The van der Waals surface area contributed by atoms with Crippen molar-refractivity contribution in [2.24, 2.45) is 0 Å². The van der Waals surface area contributed by atoms with E-state index in [0.29, 0.717) is 0 Å². The van der Waals surface area contributed by atoms with E-state index in [2.05, 4.69) is 24.5 Å². The van der Waals surface area contributed by atoms with Gasteiger partial charge in [-0.1, -0.05) is 67.7 Å². The minimum absolute atomic E-state index is 0.329. The fraction of sp³-hybridized carbons (Fsp3) is 0.0714. The summed E-state index contributed by atoms with van der Waals surface area (Å²) in [4.78, 5) is 9.75. The van der Waals surface area contributed by atoms with Crippen LogP contribution in [-0.4, -0.2) is 5.97 Å². The molecule has 0 saturated carbocycles. The molecule has 1 aromatic rings. The van der Waals surface area contributed by atoms with Crippen molar-refractivity contribution in [1.29, 1.82) is 0 Å². The van der Waals surface area contributed by atoms with Crippen LogP contribution in [0.5, 0.6) is 0 Å². The fourth-order valence-electron chi connectivity index (χ4n) is 0.706. The largest absolute Gasteiger partial charge is 0.435 e. The molecular formula is C14H17ClO2. The van der Waals surface area contributed by atoms with Gasteiger partial charge in [0.05, 0.1) is 6.26 Å². The van der Waals surface area contributed by atoms with Crippen LogP contribution < -0.4 is 0 Å². The zero-order valence-corrected chi connectivity index (χ0v) is 10.7. The molecular weight excluding hydrogens is 236 g/mol. The Kier molecular flexibility index (Phi) is 14.7. The first-order valence-corrected chi connectivity index (χ1v) is 5.22. The van der Waals surface area contributed by atoms with Crippen molar-refractivity contribution in [1.82, 2.24) is 0 Å². The van der Waals surface area contributed by atoms with Crippen molar-refractivity contribution >= 4 is 23.6 Å². The minimum atomic E-state index is -0.329. The highest BCUT2D eigenvalue weighted by Crippen LogP contribution is 1.97. The summed E-state index contributed by atoms with van der Waals surface area (Å²) in [5, 5.41) is 0. The monoisotopic (exact) mass is 252 g/mol. The van der Waals surface area contributed by atoms with Crippen LogP contribution in [0.3, 0.4) is 0 Å². The lowest BCUT2D eigenvalue weighted by molar-refractivity contribution is -0.135. The maximum absolute atomic E-state index is 9.75. The zero-order valence-electron chi connectivity index (χ0n) is 9.93. The molecule has 0 aromatic heterocycles. The second-order valence-corrected chi connectivity index (χ2v) is 2.85. The molecule has 1 aromatic carbocycles. The number of halogens is 1. The molecule has 17 heavy (non-hydrogen) atoms. The molecule has 3 heteroatoms. The van der Waals surface area contributed by atoms with Crippen LogP contribution in [0.4, 0.5) is 0 Å². The highest BCUT2D eigenvalue weighted by molar-refractivity contribution is 6.25. The lowest BCUT2D eigenvalue weighted by Gasteiger charge is -1.85. The van der Waals surface area contributed by atoms with Gasteiger partial charge in [0.1, 0.15) is 0 Å². The van der Waals surface area contributed by atoms with Gasteiger partial charge in [0.2, 0.25) is 0 Å². The molecule has 0 amide bonds. The number of carbonyl (C=O) groups is 1. The van der Waals surface area contributed by atoms with Crippen LogP contribution in [0.1, 0.15) is 12.5 Å². The maximum atomic E-state index is 9.75. The first-order chi connectivity index (χ1) is 8.12. The van der Waals surface area contributed by atoms with E-state index in [1.165, 1.54) is 18.0 Å². The second kappa shape index (κ2) is 14.2. The van der Waals surface area contributed by atoms with Crippen LogP contribution >= 0.6 is 11.6 Å². The van der Waals surface area contributed by atoms with Gasteiger partial charge in [-0.3, -0.25) is 4.79 Å². The molecule has 0 atom stereocenters. The summed E-state index contributed by atoms with van der Waals surface area (Å²) in [5.74, 6) is -0.329. The van der Waals surface area contributed by atoms with Gasteiger partial charge in [0.15, 0.2) is 0 Å². The van der Waals surface area contributed by atoms with Gasteiger partial charge in [0, 0.05) is 6.92 Å². The topological polar surface area (TPSA) is 26.3 Å². The standard InChI is InChI=1S/C8H8.C4H6O2.C2H3Cl/c1-2-8-6-4-3-5-7-8;1-3-6-4(2)5;1-2-3/h2-7H,1H2;3H,1H2,2H3;2H,1H2. The third-order valence-corrected chi connectivity index (χ3v) is 1.28. The molecule has 0 radical (unpaired) electrons. The Morgan fingerprint density at radius 2 is 1.71 bits per heavy atom. The number of benzene rings is 1. The average molecular weight is 253 g/mol. The van der Waals surface area contributed by atoms with E-state index in [-0.39, 0.29) is 5.97 Å².